The second-order valence-corrected chi connectivity index (χ2v) is 28.3. The van der Waals surface area contributed by atoms with Crippen LogP contribution in [0.25, 0.3) is 11.6 Å². The summed E-state index contributed by atoms with van der Waals surface area (Å²) >= 11 is 2.22. The zero-order chi connectivity index (χ0) is 78.4. The number of hydrogen-bond acceptors (Lipinski definition) is 18. The summed E-state index contributed by atoms with van der Waals surface area (Å²) in [7, 11) is -4.62. The third-order valence-electron chi connectivity index (χ3n) is 16.8. The molecule has 8 amide bonds. The van der Waals surface area contributed by atoms with Crippen LogP contribution in [0.1, 0.15) is 165 Å². The summed E-state index contributed by atoms with van der Waals surface area (Å²) in [6, 6.07) is 17.5. The first-order valence-corrected chi connectivity index (χ1v) is 38.7. The summed E-state index contributed by atoms with van der Waals surface area (Å²) in [5.74, 6) is -9.14. The Balaban J connectivity index is 1.11. The quantitative estimate of drug-likeness (QED) is 0.0188. The summed E-state index contributed by atoms with van der Waals surface area (Å²) < 4.78 is 40.6. The highest BCUT2D eigenvalue weighted by molar-refractivity contribution is 14.1. The standard InChI is InChI=1S/C73H105IN9O23P/c1-50-48-53-16-5-6-17-54(53)49-83(61-20-8-7-18-56(50)61)68(90)33-32-64(86)77-38-41-103-43-45-105-47-46-104-44-42-102-40-35-67(89)79-57(70(93)81-58(71(94)95)19-9-11-37-75-62(84)22-12-15-52-23-25-55(74)26-24-52)27-30-63(85)76-36-10-3-4-21-65(87)80-59(72(96)97)28-31-66(88)78-51(2)14-13-39-106-107(100,101)82-60(73(98)99)29-34-69(91)92/h5-8,16-18,20,23-26,48,51,57-60H,3-4,9-15,19,21-22,27-47,49H2,1-2H3,(H,75,84)(H,76,85)(H,77,86)(H,78,88)(H,79,89)(H,80,87)(H,81,93)(H,91,92)(H,94,95)(H,96,97)(H,98,99)(H2,82,100,101)/b50-48-/t51-,57?,58?,59?,60?/m1/s1. The average molecular weight is 1630 g/mol. The molecule has 34 heteroatoms. The van der Waals surface area contributed by atoms with Crippen LogP contribution in [0, 0.1) is 3.57 Å². The molecule has 32 nitrogen and oxygen atoms in total. The predicted octanol–water partition coefficient (Wildman–Crippen LogP) is 5.53. The molecule has 1 aliphatic heterocycles. The third-order valence-corrected chi connectivity index (χ3v) is 18.7. The third kappa shape index (κ3) is 39.9. The van der Waals surface area contributed by atoms with Crippen molar-refractivity contribution in [2.24, 2.45) is 0 Å². The Hall–Kier alpha value is -8.28. The SMILES string of the molecule is C/C1=C/c2ccccc2CN(C(=O)CCC(=O)NCCOCCOCCOCCOCCC(=O)NC(CCC(=O)NCCCCCC(=O)NC(CCC(=O)N[C@H](C)CCCOP(=O)(O)NC(CCC(=O)O)C(=O)O)C(=O)O)C(=O)NC(CCCCNC(=O)CCCc2ccc(I)cc2)C(=O)O)c2ccccc21. The van der Waals surface area contributed by atoms with Crippen molar-refractivity contribution in [2.45, 2.75) is 185 Å². The van der Waals surface area contributed by atoms with E-state index in [4.69, 9.17) is 28.6 Å². The van der Waals surface area contributed by atoms with Gasteiger partial charge in [0.05, 0.1) is 71.7 Å². The molecule has 0 aromatic heterocycles. The zero-order valence-electron chi connectivity index (χ0n) is 60.8. The lowest BCUT2D eigenvalue weighted by Gasteiger charge is -2.28. The lowest BCUT2D eigenvalue weighted by molar-refractivity contribution is -0.143. The van der Waals surface area contributed by atoms with E-state index in [2.05, 4.69) is 65.9 Å². The minimum Gasteiger partial charge on any atom is -0.481 e. The molecule has 3 aromatic rings. The highest BCUT2D eigenvalue weighted by Crippen LogP contribution is 2.38. The van der Waals surface area contributed by atoms with Crippen LogP contribution in [-0.4, -0.2) is 206 Å². The number of nitrogens with one attached hydrogen (secondary N) is 8. The zero-order valence-corrected chi connectivity index (χ0v) is 63.8. The van der Waals surface area contributed by atoms with Gasteiger partial charge in [-0.25, -0.2) is 19.2 Å². The van der Waals surface area contributed by atoms with Crippen molar-refractivity contribution in [3.05, 3.63) is 98.6 Å². The molecule has 0 fully saturated rings. The van der Waals surface area contributed by atoms with Crippen molar-refractivity contribution < 1.29 is 111 Å². The number of carbonyl (C=O) groups excluding carboxylic acids is 8. The number of benzene rings is 3. The van der Waals surface area contributed by atoms with E-state index in [1.165, 1.54) is 0 Å². The number of aryl methyl sites for hydroxylation is 1. The fourth-order valence-corrected chi connectivity index (χ4v) is 12.4. The summed E-state index contributed by atoms with van der Waals surface area (Å²) in [6.45, 7) is 5.89. The van der Waals surface area contributed by atoms with Crippen LogP contribution in [0.2, 0.25) is 0 Å². The van der Waals surface area contributed by atoms with Crippen molar-refractivity contribution in [3.63, 3.8) is 0 Å². The number of fused-ring (bicyclic) bond motifs is 2. The number of carbonyl (C=O) groups is 12. The maximum Gasteiger partial charge on any atom is 0.403 e. The van der Waals surface area contributed by atoms with E-state index in [1.54, 1.807) is 11.8 Å². The van der Waals surface area contributed by atoms with Crippen LogP contribution < -0.4 is 47.2 Å². The Bertz CT molecular complexity index is 3440. The van der Waals surface area contributed by atoms with Crippen LogP contribution in [0.5, 0.6) is 0 Å². The van der Waals surface area contributed by atoms with Crippen LogP contribution in [-0.2, 0) is 98.5 Å². The minimum absolute atomic E-state index is 0.00819. The van der Waals surface area contributed by atoms with Gasteiger partial charge in [0.1, 0.15) is 24.2 Å². The highest BCUT2D eigenvalue weighted by atomic mass is 127. The summed E-state index contributed by atoms with van der Waals surface area (Å²) in [4.78, 5) is 162. The van der Waals surface area contributed by atoms with E-state index in [1.807, 2.05) is 84.8 Å². The molecule has 0 spiro atoms. The normalized spacial score (nSPS) is 14.2. The maximum absolute atomic E-state index is 13.7. The number of amides is 8. The monoisotopic (exact) mass is 1630 g/mol. The van der Waals surface area contributed by atoms with E-state index < -0.39 is 104 Å². The molecule has 0 aliphatic carbocycles. The number of ether oxygens (including phenoxy) is 4. The van der Waals surface area contributed by atoms with Crippen LogP contribution in [0.15, 0.2) is 72.8 Å². The first kappa shape index (κ1) is 91.1. The Kier molecular flexibility index (Phi) is 44.2. The molecule has 0 bridgehead atoms. The summed E-state index contributed by atoms with van der Waals surface area (Å²) in [6.07, 6.45) is 3.87. The minimum atomic E-state index is -4.62. The van der Waals surface area contributed by atoms with E-state index in [0.717, 1.165) is 43.5 Å². The van der Waals surface area contributed by atoms with Crippen molar-refractivity contribution >= 4 is 119 Å². The fourth-order valence-electron chi connectivity index (χ4n) is 11.0. The first-order chi connectivity index (χ1) is 51.2. The number of anilines is 1. The Labute approximate surface area is 636 Å². The van der Waals surface area contributed by atoms with Crippen LogP contribution >= 0.6 is 30.3 Å². The van der Waals surface area contributed by atoms with Crippen molar-refractivity contribution in [1.82, 2.24) is 42.3 Å². The molecule has 13 N–H and O–H groups in total. The van der Waals surface area contributed by atoms with E-state index >= 15 is 0 Å². The molecule has 592 valence electrons. The van der Waals surface area contributed by atoms with Gasteiger partial charge >= 0.3 is 31.6 Å². The van der Waals surface area contributed by atoms with E-state index in [-0.39, 0.29) is 161 Å². The summed E-state index contributed by atoms with van der Waals surface area (Å²) in [5.41, 5.74) is 5.97. The Morgan fingerprint density at radius 3 is 1.69 bits per heavy atom. The van der Waals surface area contributed by atoms with Gasteiger partial charge in [0.15, 0.2) is 0 Å². The number of carboxylic acid groups (broad SMARTS) is 4. The molecule has 1 aliphatic rings. The van der Waals surface area contributed by atoms with E-state index in [9.17, 15) is 82.3 Å². The molecule has 4 rings (SSSR count). The number of unbranched alkanes of at least 4 members (excludes halogenated alkanes) is 3. The lowest BCUT2D eigenvalue weighted by atomic mass is 9.96. The topological polar surface area (TPSA) is 469 Å². The van der Waals surface area contributed by atoms with Crippen LogP contribution in [0.3, 0.4) is 0 Å². The van der Waals surface area contributed by atoms with Gasteiger partial charge in [-0.1, -0.05) is 67.1 Å². The van der Waals surface area contributed by atoms with Gasteiger partial charge in [0.2, 0.25) is 47.3 Å². The van der Waals surface area contributed by atoms with Crippen molar-refractivity contribution in [1.29, 1.82) is 0 Å². The predicted molar refractivity (Wildman–Crippen MR) is 402 cm³/mol. The number of rotatable bonds is 57. The second-order valence-electron chi connectivity index (χ2n) is 25.5. The first-order valence-electron chi connectivity index (χ1n) is 36.0. The van der Waals surface area contributed by atoms with Gasteiger partial charge in [-0.15, -0.1) is 0 Å². The number of halogens is 1. The molecular formula is C73H105IN9O23P. The lowest BCUT2D eigenvalue weighted by Crippen LogP contribution is -2.52. The second kappa shape index (κ2) is 51.9. The van der Waals surface area contributed by atoms with Gasteiger partial charge in [-0.05, 0) is 154 Å². The van der Waals surface area contributed by atoms with Gasteiger partial charge in [-0.3, -0.25) is 52.5 Å². The highest BCUT2D eigenvalue weighted by Gasteiger charge is 2.31. The largest absolute Gasteiger partial charge is 0.481 e. The number of hydrogen-bond donors (Lipinski definition) is 13. The average Bonchev–Trinajstić information content (AvgIpc) is 0.792. The van der Waals surface area contributed by atoms with Gasteiger partial charge in [0, 0.05) is 86.2 Å². The molecule has 5 unspecified atom stereocenters. The number of para-hydroxylation sites is 1. The Morgan fingerprint density at radius 1 is 0.486 bits per heavy atom. The maximum atomic E-state index is 13.7. The molecule has 1 heterocycles. The van der Waals surface area contributed by atoms with Gasteiger partial charge in [-0.2, -0.15) is 0 Å². The Morgan fingerprint density at radius 2 is 1.02 bits per heavy atom. The smallest absolute Gasteiger partial charge is 0.403 e. The van der Waals surface area contributed by atoms with Gasteiger partial charge < -0.3 is 86.4 Å². The number of allylic oxidation sites excluding steroid dienone is 1. The molecule has 0 saturated carbocycles. The van der Waals surface area contributed by atoms with E-state index in [0.29, 0.717) is 58.0 Å². The molecule has 107 heavy (non-hydrogen) atoms. The molecule has 0 radical (unpaired) electrons. The number of carboxylic acids is 4. The molecule has 0 saturated heterocycles. The van der Waals surface area contributed by atoms with Gasteiger partial charge in [0.25, 0.3) is 0 Å². The number of aliphatic carboxylic acids is 4. The van der Waals surface area contributed by atoms with Crippen LogP contribution in [0.4, 0.5) is 5.69 Å². The summed E-state index contributed by atoms with van der Waals surface area (Å²) in [5, 5.41) is 58.2. The van der Waals surface area contributed by atoms with Crippen molar-refractivity contribution in [3.8, 4) is 0 Å². The van der Waals surface area contributed by atoms with Crippen molar-refractivity contribution in [2.75, 3.05) is 84.0 Å². The number of nitrogens with zero attached hydrogens (tertiary/aromatic N) is 1. The molecular weight excluding hydrogens is 1530 g/mol. The fraction of sp³-hybridized carbons (Fsp3) is 0.562. The molecule has 6 atom stereocenters. The molecule has 3 aromatic carbocycles.